The van der Waals surface area contributed by atoms with Crippen LogP contribution in [0, 0.1) is 0 Å². The maximum absolute atomic E-state index is 12.8. The van der Waals surface area contributed by atoms with Gasteiger partial charge in [0.15, 0.2) is 11.0 Å². The van der Waals surface area contributed by atoms with Crippen molar-refractivity contribution in [3.8, 4) is 17.1 Å². The van der Waals surface area contributed by atoms with E-state index in [1.807, 2.05) is 54.0 Å². The Morgan fingerprint density at radius 3 is 2.72 bits per heavy atom. The number of rotatable bonds is 8. The number of aromatic nitrogens is 3. The predicted molar refractivity (Wildman–Crippen MR) is 125 cm³/mol. The van der Waals surface area contributed by atoms with E-state index in [0.29, 0.717) is 34.0 Å². The zero-order valence-electron chi connectivity index (χ0n) is 17.5. The lowest BCUT2D eigenvalue weighted by atomic mass is 10.2. The number of methoxy groups -OCH3 is 1. The molecule has 0 fully saturated rings. The van der Waals surface area contributed by atoms with E-state index in [1.54, 1.807) is 31.6 Å². The van der Waals surface area contributed by atoms with E-state index < -0.39 is 5.25 Å². The van der Waals surface area contributed by atoms with Crippen LogP contribution in [-0.2, 0) is 11.3 Å². The van der Waals surface area contributed by atoms with Gasteiger partial charge in [-0.25, -0.2) is 0 Å². The molecule has 0 aliphatic carbocycles. The van der Waals surface area contributed by atoms with Gasteiger partial charge in [0.2, 0.25) is 5.91 Å². The second-order valence-corrected chi connectivity index (χ2v) is 8.70. The number of benzene rings is 2. The fraction of sp³-hybridized carbons (Fsp3) is 0.174. The van der Waals surface area contributed by atoms with Gasteiger partial charge < -0.3 is 14.5 Å². The van der Waals surface area contributed by atoms with Crippen molar-refractivity contribution in [2.75, 3.05) is 12.4 Å². The number of ether oxygens (including phenoxy) is 1. The number of hydrogen-bond acceptors (Lipinski definition) is 6. The number of nitrogens with zero attached hydrogens (tertiary/aromatic N) is 3. The fourth-order valence-corrected chi connectivity index (χ4v) is 4.02. The molecule has 9 heteroatoms. The topological polar surface area (TPSA) is 82.2 Å². The van der Waals surface area contributed by atoms with Crippen molar-refractivity contribution in [2.45, 2.75) is 23.9 Å². The van der Waals surface area contributed by atoms with Crippen LogP contribution in [0.2, 0.25) is 5.02 Å². The minimum Gasteiger partial charge on any atom is -0.497 e. The maximum atomic E-state index is 12.8. The Kier molecular flexibility index (Phi) is 6.82. The lowest BCUT2D eigenvalue weighted by Crippen LogP contribution is -2.23. The van der Waals surface area contributed by atoms with Gasteiger partial charge in [-0.15, -0.1) is 10.2 Å². The summed E-state index contributed by atoms with van der Waals surface area (Å²) >= 11 is 7.36. The summed E-state index contributed by atoms with van der Waals surface area (Å²) in [6.07, 6.45) is 1.62. The standard InChI is InChI=1S/C23H21ClN4O3S/c1-15(22(29)25-18-5-3-6-19(13-18)30-2)32-23-27-26-21(16-8-10-17(24)11-9-16)28(23)14-20-7-4-12-31-20/h3-13,15H,14H2,1-2H3,(H,25,29). The van der Waals surface area contributed by atoms with Crippen LogP contribution in [-0.4, -0.2) is 33.0 Å². The molecule has 0 aliphatic rings. The maximum Gasteiger partial charge on any atom is 0.237 e. The first-order chi connectivity index (χ1) is 15.5. The van der Waals surface area contributed by atoms with E-state index in [2.05, 4.69) is 15.5 Å². The Labute approximate surface area is 194 Å². The molecule has 0 saturated heterocycles. The van der Waals surface area contributed by atoms with Crippen LogP contribution in [0.3, 0.4) is 0 Å². The van der Waals surface area contributed by atoms with Gasteiger partial charge >= 0.3 is 0 Å². The van der Waals surface area contributed by atoms with Gasteiger partial charge in [0, 0.05) is 22.3 Å². The van der Waals surface area contributed by atoms with Crippen molar-refractivity contribution < 1.29 is 13.9 Å². The van der Waals surface area contributed by atoms with Crippen LogP contribution in [0.4, 0.5) is 5.69 Å². The van der Waals surface area contributed by atoms with E-state index in [4.69, 9.17) is 20.8 Å². The normalized spacial score (nSPS) is 11.8. The van der Waals surface area contributed by atoms with Crippen molar-refractivity contribution in [1.29, 1.82) is 0 Å². The second kappa shape index (κ2) is 9.93. The van der Waals surface area contributed by atoms with Crippen molar-refractivity contribution in [1.82, 2.24) is 14.8 Å². The largest absolute Gasteiger partial charge is 0.497 e. The van der Waals surface area contributed by atoms with Gasteiger partial charge in [-0.2, -0.15) is 0 Å². The summed E-state index contributed by atoms with van der Waals surface area (Å²) in [5.74, 6) is 1.95. The molecule has 2 aromatic carbocycles. The number of hydrogen-bond donors (Lipinski definition) is 1. The van der Waals surface area contributed by atoms with Crippen LogP contribution >= 0.6 is 23.4 Å². The average Bonchev–Trinajstić information content (AvgIpc) is 3.45. The number of halogens is 1. The first-order valence-electron chi connectivity index (χ1n) is 9.86. The lowest BCUT2D eigenvalue weighted by Gasteiger charge is -2.14. The van der Waals surface area contributed by atoms with E-state index in [0.717, 1.165) is 11.3 Å². The van der Waals surface area contributed by atoms with Crippen LogP contribution in [0.5, 0.6) is 5.75 Å². The average molecular weight is 469 g/mol. The second-order valence-electron chi connectivity index (χ2n) is 6.96. The Hall–Kier alpha value is -3.23. The van der Waals surface area contributed by atoms with Gasteiger partial charge in [-0.1, -0.05) is 29.4 Å². The summed E-state index contributed by atoms with van der Waals surface area (Å²) in [5, 5.41) is 12.5. The molecule has 0 radical (unpaired) electrons. The molecule has 0 saturated carbocycles. The fourth-order valence-electron chi connectivity index (χ4n) is 3.05. The third-order valence-corrected chi connectivity index (χ3v) is 6.03. The highest BCUT2D eigenvalue weighted by Gasteiger charge is 2.22. The number of anilines is 1. The molecule has 7 nitrogen and oxygen atoms in total. The summed E-state index contributed by atoms with van der Waals surface area (Å²) in [4.78, 5) is 12.8. The highest BCUT2D eigenvalue weighted by Crippen LogP contribution is 2.29. The van der Waals surface area contributed by atoms with E-state index in [9.17, 15) is 4.79 Å². The Bertz CT molecular complexity index is 1190. The third-order valence-electron chi connectivity index (χ3n) is 4.70. The third kappa shape index (κ3) is 5.15. The first kappa shape index (κ1) is 22.0. The zero-order valence-corrected chi connectivity index (χ0v) is 19.1. The minimum atomic E-state index is -0.418. The molecule has 164 valence electrons. The molecule has 1 N–H and O–H groups in total. The summed E-state index contributed by atoms with van der Waals surface area (Å²) in [6.45, 7) is 2.26. The van der Waals surface area contributed by atoms with Gasteiger partial charge in [0.25, 0.3) is 0 Å². The lowest BCUT2D eigenvalue weighted by molar-refractivity contribution is -0.115. The van der Waals surface area contributed by atoms with E-state index >= 15 is 0 Å². The summed E-state index contributed by atoms with van der Waals surface area (Å²) in [6, 6.07) is 18.3. The first-order valence-corrected chi connectivity index (χ1v) is 11.1. The molecular formula is C23H21ClN4O3S. The number of thioether (sulfide) groups is 1. The van der Waals surface area contributed by atoms with Crippen molar-refractivity contribution in [3.05, 3.63) is 77.7 Å². The molecular weight excluding hydrogens is 448 g/mol. The van der Waals surface area contributed by atoms with Crippen LogP contribution < -0.4 is 10.1 Å². The molecule has 1 amide bonds. The smallest absolute Gasteiger partial charge is 0.237 e. The van der Waals surface area contributed by atoms with Gasteiger partial charge in [0.05, 0.1) is 25.2 Å². The van der Waals surface area contributed by atoms with Crippen molar-refractivity contribution >= 4 is 35.0 Å². The summed E-state index contributed by atoms with van der Waals surface area (Å²) < 4.78 is 12.7. The minimum absolute atomic E-state index is 0.149. The number of carbonyl (C=O) groups excluding carboxylic acids is 1. The van der Waals surface area contributed by atoms with Crippen molar-refractivity contribution in [2.24, 2.45) is 0 Å². The summed E-state index contributed by atoms with van der Waals surface area (Å²) in [5.41, 5.74) is 1.54. The molecule has 4 aromatic rings. The number of nitrogens with one attached hydrogen (secondary N) is 1. The number of amides is 1. The predicted octanol–water partition coefficient (Wildman–Crippen LogP) is 5.37. The molecule has 0 spiro atoms. The highest BCUT2D eigenvalue weighted by molar-refractivity contribution is 8.00. The Balaban J connectivity index is 1.56. The summed E-state index contributed by atoms with van der Waals surface area (Å²) in [7, 11) is 1.59. The van der Waals surface area contributed by atoms with E-state index in [1.165, 1.54) is 11.8 Å². The van der Waals surface area contributed by atoms with Crippen molar-refractivity contribution in [3.63, 3.8) is 0 Å². The molecule has 32 heavy (non-hydrogen) atoms. The quantitative estimate of drug-likeness (QED) is 0.350. The SMILES string of the molecule is COc1cccc(NC(=O)C(C)Sc2nnc(-c3ccc(Cl)cc3)n2Cc2ccco2)c1. The molecule has 0 bridgehead atoms. The monoisotopic (exact) mass is 468 g/mol. The van der Waals surface area contributed by atoms with Gasteiger partial charge in [0.1, 0.15) is 11.5 Å². The van der Waals surface area contributed by atoms with Crippen LogP contribution in [0.15, 0.2) is 76.5 Å². The molecule has 4 rings (SSSR count). The van der Waals surface area contributed by atoms with Crippen LogP contribution in [0.25, 0.3) is 11.4 Å². The van der Waals surface area contributed by atoms with E-state index in [-0.39, 0.29) is 5.91 Å². The molecule has 2 aromatic heterocycles. The number of furan rings is 1. The zero-order chi connectivity index (χ0) is 22.5. The number of carbonyl (C=O) groups is 1. The highest BCUT2D eigenvalue weighted by atomic mass is 35.5. The molecule has 2 heterocycles. The van der Waals surface area contributed by atoms with Crippen LogP contribution in [0.1, 0.15) is 12.7 Å². The molecule has 1 atom stereocenters. The molecule has 1 unspecified atom stereocenters. The Morgan fingerprint density at radius 2 is 2.00 bits per heavy atom. The van der Waals surface area contributed by atoms with Gasteiger partial charge in [-0.05, 0) is 55.5 Å². The van der Waals surface area contributed by atoms with Gasteiger partial charge in [-0.3, -0.25) is 9.36 Å². The Morgan fingerprint density at radius 1 is 1.19 bits per heavy atom. The molecule has 0 aliphatic heterocycles.